The highest BCUT2D eigenvalue weighted by molar-refractivity contribution is 5.58. The van der Waals surface area contributed by atoms with E-state index in [0.717, 1.165) is 5.56 Å². The Kier molecular flexibility index (Phi) is 2.70. The van der Waals surface area contributed by atoms with Crippen LogP contribution in [-0.2, 0) is 5.97 Å². The van der Waals surface area contributed by atoms with Crippen molar-refractivity contribution < 1.29 is 15.3 Å². The van der Waals surface area contributed by atoms with Crippen molar-refractivity contribution in [3.8, 4) is 11.3 Å². The Labute approximate surface area is 92.5 Å². The fourth-order valence-corrected chi connectivity index (χ4v) is 1.37. The van der Waals surface area contributed by atoms with Crippen LogP contribution >= 0.6 is 0 Å². The first-order chi connectivity index (χ1) is 7.57. The Bertz CT molecular complexity index is 460. The molecule has 1 aromatic heterocycles. The van der Waals surface area contributed by atoms with E-state index < -0.39 is 5.97 Å². The van der Waals surface area contributed by atoms with E-state index in [9.17, 15) is 0 Å². The predicted octanol–water partition coefficient (Wildman–Crippen LogP) is 0.836. The van der Waals surface area contributed by atoms with Gasteiger partial charge < -0.3 is 15.3 Å². The Hall–Kier alpha value is -1.75. The normalized spacial score (nSPS) is 11.4. The second-order valence-corrected chi connectivity index (χ2v) is 3.43. The van der Waals surface area contributed by atoms with Gasteiger partial charge in [0.25, 0.3) is 0 Å². The maximum absolute atomic E-state index is 8.92. The second-order valence-electron chi connectivity index (χ2n) is 3.43. The van der Waals surface area contributed by atoms with E-state index in [4.69, 9.17) is 15.3 Å². The topological polar surface area (TPSA) is 73.6 Å². The molecule has 0 saturated heterocycles. The molecule has 0 amide bonds. The largest absolute Gasteiger partial charge is 0.340 e. The molecule has 0 radical (unpaired) electrons. The lowest BCUT2D eigenvalue weighted by molar-refractivity contribution is -0.324. The van der Waals surface area contributed by atoms with Crippen molar-refractivity contribution >= 4 is 0 Å². The number of pyridine rings is 1. The van der Waals surface area contributed by atoms with E-state index in [1.807, 2.05) is 30.3 Å². The van der Waals surface area contributed by atoms with Gasteiger partial charge >= 0.3 is 5.97 Å². The van der Waals surface area contributed by atoms with Gasteiger partial charge in [-0.3, -0.25) is 4.98 Å². The molecular formula is C12H11NO3. The average molecular weight is 217 g/mol. The molecule has 2 rings (SSSR count). The third-order valence-electron chi connectivity index (χ3n) is 2.22. The Morgan fingerprint density at radius 1 is 0.875 bits per heavy atom. The van der Waals surface area contributed by atoms with Crippen molar-refractivity contribution in [3.05, 3.63) is 54.2 Å². The van der Waals surface area contributed by atoms with Gasteiger partial charge in [0.1, 0.15) is 0 Å². The average Bonchev–Trinajstić information content (AvgIpc) is 2.29. The lowest BCUT2D eigenvalue weighted by atomic mass is 10.1. The highest BCUT2D eigenvalue weighted by Gasteiger charge is 2.21. The summed E-state index contributed by atoms with van der Waals surface area (Å²) in [5, 5.41) is 26.8. The third-order valence-corrected chi connectivity index (χ3v) is 2.22. The SMILES string of the molecule is OC(O)(O)c1ccc(-c2ccccc2)nc1. The smallest absolute Gasteiger partial charge is 0.305 e. The lowest BCUT2D eigenvalue weighted by Crippen LogP contribution is -2.23. The number of benzene rings is 1. The fourth-order valence-electron chi connectivity index (χ4n) is 1.37. The minimum absolute atomic E-state index is 0.0628. The monoisotopic (exact) mass is 217 g/mol. The van der Waals surface area contributed by atoms with Crippen molar-refractivity contribution in [2.45, 2.75) is 5.97 Å². The standard InChI is InChI=1S/C12H11NO3/c14-12(15,16)10-6-7-11(13-8-10)9-4-2-1-3-5-9/h1-8,14-16H. The molecule has 2 aromatic rings. The van der Waals surface area contributed by atoms with Gasteiger partial charge in [0.2, 0.25) is 0 Å². The lowest BCUT2D eigenvalue weighted by Gasteiger charge is -2.13. The first kappa shape index (κ1) is 10.8. The quantitative estimate of drug-likeness (QED) is 0.651. The molecule has 0 spiro atoms. The van der Waals surface area contributed by atoms with Crippen molar-refractivity contribution in [3.63, 3.8) is 0 Å². The fraction of sp³-hybridized carbons (Fsp3) is 0.0833. The molecule has 0 aliphatic heterocycles. The highest BCUT2D eigenvalue weighted by Crippen LogP contribution is 2.19. The van der Waals surface area contributed by atoms with E-state index in [1.165, 1.54) is 12.3 Å². The summed E-state index contributed by atoms with van der Waals surface area (Å²) in [7, 11) is 0. The minimum atomic E-state index is -2.83. The summed E-state index contributed by atoms with van der Waals surface area (Å²) in [6.45, 7) is 0. The van der Waals surface area contributed by atoms with E-state index in [-0.39, 0.29) is 5.56 Å². The van der Waals surface area contributed by atoms with Gasteiger partial charge in [-0.1, -0.05) is 30.3 Å². The van der Waals surface area contributed by atoms with Crippen molar-refractivity contribution in [1.29, 1.82) is 0 Å². The van der Waals surface area contributed by atoms with Crippen LogP contribution in [0.2, 0.25) is 0 Å². The summed E-state index contributed by atoms with van der Waals surface area (Å²) >= 11 is 0. The molecular weight excluding hydrogens is 206 g/mol. The van der Waals surface area contributed by atoms with Gasteiger partial charge in [0, 0.05) is 11.8 Å². The van der Waals surface area contributed by atoms with Crippen LogP contribution in [0, 0.1) is 0 Å². The molecule has 0 atom stereocenters. The van der Waals surface area contributed by atoms with E-state index in [0.29, 0.717) is 5.69 Å². The zero-order valence-electron chi connectivity index (χ0n) is 8.41. The number of hydrogen-bond donors (Lipinski definition) is 3. The van der Waals surface area contributed by atoms with Crippen LogP contribution < -0.4 is 0 Å². The van der Waals surface area contributed by atoms with Gasteiger partial charge in [-0.25, -0.2) is 0 Å². The predicted molar refractivity (Wildman–Crippen MR) is 58.0 cm³/mol. The number of hydrogen-bond acceptors (Lipinski definition) is 4. The molecule has 1 aromatic carbocycles. The number of aliphatic hydroxyl groups is 3. The molecule has 4 heteroatoms. The molecule has 4 nitrogen and oxygen atoms in total. The van der Waals surface area contributed by atoms with Crippen LogP contribution in [0.1, 0.15) is 5.56 Å². The Morgan fingerprint density at radius 3 is 2.06 bits per heavy atom. The maximum Gasteiger partial charge on any atom is 0.305 e. The van der Waals surface area contributed by atoms with Gasteiger partial charge in [0.05, 0.1) is 11.3 Å². The van der Waals surface area contributed by atoms with Crippen LogP contribution in [0.5, 0.6) is 0 Å². The second kappa shape index (κ2) is 4.02. The van der Waals surface area contributed by atoms with Crippen LogP contribution in [-0.4, -0.2) is 20.3 Å². The van der Waals surface area contributed by atoms with Gasteiger partial charge in [0.15, 0.2) is 0 Å². The van der Waals surface area contributed by atoms with Crippen LogP contribution in [0.25, 0.3) is 11.3 Å². The summed E-state index contributed by atoms with van der Waals surface area (Å²) in [6.07, 6.45) is 1.22. The van der Waals surface area contributed by atoms with Gasteiger partial charge in [-0.2, -0.15) is 0 Å². The summed E-state index contributed by atoms with van der Waals surface area (Å²) in [6, 6.07) is 12.5. The molecule has 3 N–H and O–H groups in total. The number of aromatic nitrogens is 1. The molecule has 82 valence electrons. The molecule has 0 saturated carbocycles. The maximum atomic E-state index is 8.92. The summed E-state index contributed by atoms with van der Waals surface area (Å²) in [5.74, 6) is -2.83. The Balaban J connectivity index is 2.34. The Morgan fingerprint density at radius 2 is 1.56 bits per heavy atom. The van der Waals surface area contributed by atoms with Gasteiger partial charge in [-0.15, -0.1) is 0 Å². The molecule has 0 bridgehead atoms. The van der Waals surface area contributed by atoms with E-state index in [2.05, 4.69) is 4.98 Å². The van der Waals surface area contributed by atoms with E-state index in [1.54, 1.807) is 6.07 Å². The van der Waals surface area contributed by atoms with Crippen LogP contribution in [0.4, 0.5) is 0 Å². The highest BCUT2D eigenvalue weighted by atomic mass is 16.7. The van der Waals surface area contributed by atoms with Crippen LogP contribution in [0.15, 0.2) is 48.7 Å². The summed E-state index contributed by atoms with van der Waals surface area (Å²) in [4.78, 5) is 4.04. The van der Waals surface area contributed by atoms with E-state index >= 15 is 0 Å². The molecule has 16 heavy (non-hydrogen) atoms. The molecule has 0 fully saturated rings. The zero-order valence-corrected chi connectivity index (χ0v) is 8.41. The molecule has 0 aliphatic rings. The van der Waals surface area contributed by atoms with Crippen molar-refractivity contribution in [2.24, 2.45) is 0 Å². The summed E-state index contributed by atoms with van der Waals surface area (Å²) < 4.78 is 0. The zero-order chi connectivity index (χ0) is 11.6. The minimum Gasteiger partial charge on any atom is -0.340 e. The number of rotatable bonds is 2. The molecule has 1 heterocycles. The summed E-state index contributed by atoms with van der Waals surface area (Å²) in [5.41, 5.74) is 1.56. The number of nitrogens with zero attached hydrogens (tertiary/aromatic N) is 1. The third kappa shape index (κ3) is 2.25. The van der Waals surface area contributed by atoms with Crippen LogP contribution in [0.3, 0.4) is 0 Å². The first-order valence-corrected chi connectivity index (χ1v) is 4.76. The first-order valence-electron chi connectivity index (χ1n) is 4.76. The van der Waals surface area contributed by atoms with Gasteiger partial charge in [-0.05, 0) is 12.1 Å². The van der Waals surface area contributed by atoms with Crippen molar-refractivity contribution in [1.82, 2.24) is 4.98 Å². The molecule has 0 aliphatic carbocycles. The molecule has 0 unspecified atom stereocenters. The van der Waals surface area contributed by atoms with Crippen molar-refractivity contribution in [2.75, 3.05) is 0 Å².